The van der Waals surface area contributed by atoms with Crippen molar-refractivity contribution in [2.75, 3.05) is 39.6 Å². The Kier molecular flexibility index (Phi) is 49.5. The first-order valence-electron chi connectivity index (χ1n) is 47.8. The molecule has 8 rings (SSSR count). The molecule has 0 aromatic heterocycles. The lowest BCUT2D eigenvalue weighted by molar-refractivity contribution is 0.0432. The van der Waals surface area contributed by atoms with Crippen molar-refractivity contribution >= 4 is 47.8 Å². The van der Waals surface area contributed by atoms with Crippen LogP contribution in [-0.2, 0) is 9.47 Å². The van der Waals surface area contributed by atoms with Gasteiger partial charge in [0.2, 0.25) is 0 Å². The van der Waals surface area contributed by atoms with Crippen molar-refractivity contribution in [3.8, 4) is 57.5 Å². The third-order valence-electron chi connectivity index (χ3n) is 22.1. The van der Waals surface area contributed by atoms with Gasteiger partial charge in [0, 0.05) is 12.1 Å². The second kappa shape index (κ2) is 62.0. The zero-order valence-corrected chi connectivity index (χ0v) is 76.4. The first-order valence-corrected chi connectivity index (χ1v) is 47.8. The molecule has 690 valence electrons. The number of rotatable bonds is 67. The fourth-order valence-electron chi connectivity index (χ4n) is 14.5. The number of carbonyl (C=O) groups is 8. The third-order valence-corrected chi connectivity index (χ3v) is 22.1. The third kappa shape index (κ3) is 41.2. The van der Waals surface area contributed by atoms with Crippen molar-refractivity contribution < 1.29 is 95.2 Å². The highest BCUT2D eigenvalue weighted by atomic mass is 16.6. The molecule has 128 heavy (non-hydrogen) atoms. The lowest BCUT2D eigenvalue weighted by Crippen LogP contribution is -2.14. The zero-order chi connectivity index (χ0) is 90.7. The topological polar surface area (TPSA) is 247 Å². The van der Waals surface area contributed by atoms with Crippen LogP contribution in [-0.4, -0.2) is 87.4 Å². The van der Waals surface area contributed by atoms with Crippen LogP contribution in [0.25, 0.3) is 0 Å². The summed E-state index contributed by atoms with van der Waals surface area (Å²) in [6, 6.07) is 45.5. The summed E-state index contributed by atoms with van der Waals surface area (Å²) >= 11 is 0. The Bertz CT molecular complexity index is 4030. The maximum Gasteiger partial charge on any atom is 0.343 e. The van der Waals surface area contributed by atoms with Crippen LogP contribution in [0.5, 0.6) is 57.5 Å². The number of hydrogen-bond acceptors (Lipinski definition) is 20. The van der Waals surface area contributed by atoms with Crippen molar-refractivity contribution in [3.63, 3.8) is 0 Å². The summed E-state index contributed by atoms with van der Waals surface area (Å²) in [4.78, 5) is 109. The highest BCUT2D eigenvalue weighted by molar-refractivity contribution is 5.98. The summed E-state index contributed by atoms with van der Waals surface area (Å²) in [6.45, 7) is 11.1. The van der Waals surface area contributed by atoms with Crippen molar-refractivity contribution in [2.24, 2.45) is 0 Å². The van der Waals surface area contributed by atoms with Gasteiger partial charge in [0.25, 0.3) is 0 Å². The van der Waals surface area contributed by atoms with Gasteiger partial charge in [-0.1, -0.05) is 259 Å². The van der Waals surface area contributed by atoms with E-state index in [9.17, 15) is 38.4 Å². The molecule has 0 saturated heterocycles. The van der Waals surface area contributed by atoms with Crippen LogP contribution in [0, 0.1) is 0 Å². The maximum atomic E-state index is 13.9. The van der Waals surface area contributed by atoms with E-state index in [2.05, 4.69) is 27.7 Å². The minimum absolute atomic E-state index is 0.0128. The van der Waals surface area contributed by atoms with Crippen molar-refractivity contribution in [3.05, 3.63) is 226 Å². The predicted molar refractivity (Wildman–Crippen MR) is 500 cm³/mol. The number of unbranched alkanes of at least 4 members (excludes halogenated alkanes) is 37. The average Bonchev–Trinajstić information content (AvgIpc) is 0.825. The van der Waals surface area contributed by atoms with Gasteiger partial charge in [0.05, 0.1) is 84.1 Å². The molecule has 8 aromatic rings. The molecule has 8 aromatic carbocycles. The fraction of sp³-hybridized carbons (Fsp3) is 0.481. The number of carbonyl (C=O) groups excluding carboxylic acids is 8. The maximum absolute atomic E-state index is 13.9. The first-order chi connectivity index (χ1) is 62.7. The van der Waals surface area contributed by atoms with E-state index in [1.54, 1.807) is 97.1 Å². The molecule has 0 amide bonds. The molecule has 0 aliphatic rings. The number of ether oxygens (including phenoxy) is 12. The number of esters is 8. The lowest BCUT2D eigenvalue weighted by atomic mass is 10.1. The van der Waals surface area contributed by atoms with Crippen LogP contribution in [0.3, 0.4) is 0 Å². The van der Waals surface area contributed by atoms with Gasteiger partial charge < -0.3 is 56.8 Å². The zero-order valence-electron chi connectivity index (χ0n) is 76.4. The fourth-order valence-corrected chi connectivity index (χ4v) is 14.5. The molecule has 20 nitrogen and oxygen atoms in total. The number of hydrogen-bond donors (Lipinski definition) is 0. The van der Waals surface area contributed by atoms with Gasteiger partial charge in [-0.25, -0.2) is 38.4 Å². The summed E-state index contributed by atoms with van der Waals surface area (Å²) in [5.74, 6) is -3.90. The summed E-state index contributed by atoms with van der Waals surface area (Å²) in [6.07, 6.45) is 49.2. The van der Waals surface area contributed by atoms with E-state index in [-0.39, 0.29) is 92.2 Å². The SMILES string of the molecule is CCCCCCCCCCCCOc1ccc(C(=O)Oc2cc(OC(=O)c3ccc(OCCCCCCCCCCCC)cc3)cc(C(=O)Oc3ccc(C(=O)OCCCCOC(=O)c4ccc(OC(=O)c5cc(OC(=O)c6ccc(OCCCCCCCCCCCC)cc6)cc(OC(=O)c6ccc(OCCCCCCCCCCCC)cc6)c5)cc4)cc3)c2)cc1. The predicted octanol–water partition coefficient (Wildman–Crippen LogP) is 28.0. The highest BCUT2D eigenvalue weighted by Crippen LogP contribution is 2.31. The summed E-state index contributed by atoms with van der Waals surface area (Å²) in [5.41, 5.74) is 0.934. The van der Waals surface area contributed by atoms with Gasteiger partial charge in [0.15, 0.2) is 0 Å². The Morgan fingerprint density at radius 2 is 0.312 bits per heavy atom. The molecule has 0 N–H and O–H groups in total. The van der Waals surface area contributed by atoms with Gasteiger partial charge in [-0.15, -0.1) is 0 Å². The Hall–Kier alpha value is -11.3. The van der Waals surface area contributed by atoms with Crippen LogP contribution < -0.4 is 47.4 Å². The molecule has 20 heteroatoms. The largest absolute Gasteiger partial charge is 0.494 e. The molecular weight excluding hydrogens is 1620 g/mol. The summed E-state index contributed by atoms with van der Waals surface area (Å²) < 4.78 is 69.6. The Morgan fingerprint density at radius 1 is 0.156 bits per heavy atom. The lowest BCUT2D eigenvalue weighted by Gasteiger charge is -2.12. The van der Waals surface area contributed by atoms with Crippen LogP contribution >= 0.6 is 0 Å². The van der Waals surface area contributed by atoms with Crippen LogP contribution in [0.1, 0.15) is 380 Å². The van der Waals surface area contributed by atoms with Crippen molar-refractivity contribution in [1.82, 2.24) is 0 Å². The molecule has 0 aliphatic carbocycles. The molecule has 0 unspecified atom stereocenters. The van der Waals surface area contributed by atoms with E-state index in [4.69, 9.17) is 56.8 Å². The van der Waals surface area contributed by atoms with Crippen molar-refractivity contribution in [1.29, 1.82) is 0 Å². The van der Waals surface area contributed by atoms with Crippen LogP contribution in [0.15, 0.2) is 182 Å². The minimum Gasteiger partial charge on any atom is -0.494 e. The second-order valence-corrected chi connectivity index (χ2v) is 33.0. The molecule has 0 atom stereocenters. The standard InChI is InChI=1S/C108H138O20/c1-5-9-13-17-21-25-29-33-37-41-71-117-91-59-47-85(48-60-91)103(111)125-97-77-89(78-98(81-97)126-104(112)86-49-61-92(62-50-86)118-72-42-38-34-30-26-22-18-14-10-6-2)107(115)123-95-67-55-83(56-68-95)101(109)121-75-45-46-76-122-102(110)84-57-69-96(70-58-84)124-108(116)90-79-99(127-105(113)87-51-63-93(64-52-87)119-73-43-39-35-31-27-23-19-15-11-7-3)82-100(80-90)128-106(114)88-53-65-94(66-54-88)120-74-44-40-36-32-28-24-20-16-12-8-4/h47-70,77-82H,5-46,71-76H2,1-4H3. The molecule has 0 heterocycles. The van der Waals surface area contributed by atoms with Crippen LogP contribution in [0.2, 0.25) is 0 Å². The van der Waals surface area contributed by atoms with Gasteiger partial charge >= 0.3 is 47.8 Å². The highest BCUT2D eigenvalue weighted by Gasteiger charge is 2.23. The van der Waals surface area contributed by atoms with Gasteiger partial charge in [-0.3, -0.25) is 0 Å². The smallest absolute Gasteiger partial charge is 0.343 e. The molecule has 0 fully saturated rings. The molecular formula is C108H138O20. The van der Waals surface area contributed by atoms with E-state index in [1.807, 2.05) is 0 Å². The molecule has 0 spiro atoms. The quantitative estimate of drug-likeness (QED) is 0.0195. The molecule has 0 bridgehead atoms. The molecule has 0 radical (unpaired) electrons. The second-order valence-electron chi connectivity index (χ2n) is 33.0. The van der Waals surface area contributed by atoms with E-state index < -0.39 is 47.8 Å². The van der Waals surface area contributed by atoms with E-state index in [0.29, 0.717) is 62.3 Å². The minimum atomic E-state index is -0.891. The van der Waals surface area contributed by atoms with Crippen LogP contribution in [0.4, 0.5) is 0 Å². The molecule has 0 aliphatic heterocycles. The van der Waals surface area contributed by atoms with E-state index >= 15 is 0 Å². The average molecular weight is 1760 g/mol. The molecule has 0 saturated carbocycles. The Labute approximate surface area is 759 Å². The van der Waals surface area contributed by atoms with Gasteiger partial charge in [-0.2, -0.15) is 0 Å². The van der Waals surface area contributed by atoms with E-state index in [1.165, 1.54) is 290 Å². The monoisotopic (exact) mass is 1750 g/mol. The number of benzene rings is 8. The first kappa shape index (κ1) is 102. The summed E-state index contributed by atoms with van der Waals surface area (Å²) in [5, 5.41) is 0. The normalized spacial score (nSPS) is 11.0. The van der Waals surface area contributed by atoms with Crippen molar-refractivity contribution in [2.45, 2.75) is 297 Å². The van der Waals surface area contributed by atoms with Gasteiger partial charge in [-0.05, 0) is 208 Å². The Morgan fingerprint density at radius 3 is 0.516 bits per heavy atom. The summed E-state index contributed by atoms with van der Waals surface area (Å²) in [7, 11) is 0. The van der Waals surface area contributed by atoms with E-state index in [0.717, 1.165) is 51.4 Å². The Balaban J connectivity index is 0.801. The van der Waals surface area contributed by atoms with Gasteiger partial charge in [0.1, 0.15) is 57.5 Å².